The van der Waals surface area contributed by atoms with E-state index in [4.69, 9.17) is 11.5 Å². The van der Waals surface area contributed by atoms with Crippen molar-refractivity contribution in [2.45, 2.75) is 77.0 Å². The molecule has 4 atom stereocenters. The molecule has 0 spiro atoms. The molecule has 1 aliphatic rings. The van der Waals surface area contributed by atoms with Crippen molar-refractivity contribution in [1.29, 1.82) is 0 Å². The van der Waals surface area contributed by atoms with Gasteiger partial charge in [-0.1, -0.05) is 20.3 Å². The van der Waals surface area contributed by atoms with Crippen molar-refractivity contribution < 1.29 is 24.3 Å². The molecular formula is C19H35N5O5. The van der Waals surface area contributed by atoms with Gasteiger partial charge >= 0.3 is 5.97 Å². The molecule has 0 aromatic rings. The Hall–Kier alpha value is -2.20. The number of hydrogen-bond donors (Lipinski definition) is 5. The third-order valence-electron chi connectivity index (χ3n) is 5.10. The van der Waals surface area contributed by atoms with Crippen molar-refractivity contribution in [3.05, 3.63) is 0 Å². The van der Waals surface area contributed by atoms with Crippen LogP contribution in [-0.4, -0.2) is 71.0 Å². The van der Waals surface area contributed by atoms with Crippen LogP contribution in [0, 0.1) is 5.92 Å². The standard InChI is InChI=1S/C19H35N5O5/c1-11(2)15(19(28)29)23-17(26)14-8-6-10-24(14)18(27)12(3)22-16(25)13(21)7-4-5-9-20/h11-15H,4-10,20-21H2,1-3H3,(H,22,25)(H,23,26)(H,28,29). The highest BCUT2D eigenvalue weighted by Crippen LogP contribution is 2.19. The average molecular weight is 414 g/mol. The van der Waals surface area contributed by atoms with E-state index in [0.717, 1.165) is 12.8 Å². The Morgan fingerprint density at radius 3 is 2.34 bits per heavy atom. The van der Waals surface area contributed by atoms with Gasteiger partial charge in [-0.2, -0.15) is 0 Å². The largest absolute Gasteiger partial charge is 0.480 e. The van der Waals surface area contributed by atoms with E-state index in [1.807, 2.05) is 0 Å². The zero-order valence-electron chi connectivity index (χ0n) is 17.5. The smallest absolute Gasteiger partial charge is 0.326 e. The maximum absolute atomic E-state index is 12.8. The van der Waals surface area contributed by atoms with Gasteiger partial charge in [-0.25, -0.2) is 4.79 Å². The molecule has 29 heavy (non-hydrogen) atoms. The number of nitrogens with zero attached hydrogens (tertiary/aromatic N) is 1. The van der Waals surface area contributed by atoms with Gasteiger partial charge in [0.2, 0.25) is 17.7 Å². The zero-order valence-corrected chi connectivity index (χ0v) is 17.5. The van der Waals surface area contributed by atoms with Gasteiger partial charge in [0.05, 0.1) is 6.04 Å². The van der Waals surface area contributed by atoms with Crippen LogP contribution in [0.5, 0.6) is 0 Å². The molecule has 10 nitrogen and oxygen atoms in total. The van der Waals surface area contributed by atoms with Crippen LogP contribution in [0.1, 0.15) is 52.9 Å². The Labute approximate surface area is 171 Å². The topological polar surface area (TPSA) is 168 Å². The van der Waals surface area contributed by atoms with Gasteiger partial charge in [0.15, 0.2) is 0 Å². The van der Waals surface area contributed by atoms with Crippen molar-refractivity contribution in [3.8, 4) is 0 Å². The molecule has 0 bridgehead atoms. The number of carbonyl (C=O) groups is 4. The van der Waals surface area contributed by atoms with Crippen LogP contribution >= 0.6 is 0 Å². The molecule has 3 amide bonds. The number of carbonyl (C=O) groups excluding carboxylic acids is 3. The van der Waals surface area contributed by atoms with E-state index in [-0.39, 0.29) is 11.8 Å². The second-order valence-electron chi connectivity index (χ2n) is 7.88. The third-order valence-corrected chi connectivity index (χ3v) is 5.10. The van der Waals surface area contributed by atoms with Crippen molar-refractivity contribution in [3.63, 3.8) is 0 Å². The van der Waals surface area contributed by atoms with Gasteiger partial charge in [0, 0.05) is 6.54 Å². The van der Waals surface area contributed by atoms with E-state index in [0.29, 0.717) is 32.4 Å². The summed E-state index contributed by atoms with van der Waals surface area (Å²) in [6, 6.07) is -3.34. The monoisotopic (exact) mass is 413 g/mol. The number of aliphatic carboxylic acids is 1. The quantitative estimate of drug-likeness (QED) is 0.275. The average Bonchev–Trinajstić information content (AvgIpc) is 3.14. The minimum Gasteiger partial charge on any atom is -0.480 e. The lowest BCUT2D eigenvalue weighted by Crippen LogP contribution is -2.56. The number of nitrogens with one attached hydrogen (secondary N) is 2. The summed E-state index contributed by atoms with van der Waals surface area (Å²) in [6.07, 6.45) is 3.05. The zero-order chi connectivity index (χ0) is 22.1. The molecule has 0 radical (unpaired) electrons. The molecule has 1 rings (SSSR count). The van der Waals surface area contributed by atoms with Crippen LogP contribution in [0.4, 0.5) is 0 Å². The first-order valence-electron chi connectivity index (χ1n) is 10.2. The van der Waals surface area contributed by atoms with Crippen LogP contribution in [0.25, 0.3) is 0 Å². The molecule has 1 saturated heterocycles. The summed E-state index contributed by atoms with van der Waals surface area (Å²) in [7, 11) is 0. The van der Waals surface area contributed by atoms with Gasteiger partial charge < -0.3 is 32.1 Å². The summed E-state index contributed by atoms with van der Waals surface area (Å²) in [5.74, 6) is -2.71. The van der Waals surface area contributed by atoms with E-state index in [1.165, 1.54) is 4.90 Å². The molecule has 4 unspecified atom stereocenters. The van der Waals surface area contributed by atoms with Crippen molar-refractivity contribution >= 4 is 23.7 Å². The third kappa shape index (κ3) is 7.28. The number of likely N-dealkylation sites (tertiary alicyclic amines) is 1. The van der Waals surface area contributed by atoms with E-state index >= 15 is 0 Å². The molecule has 0 aromatic heterocycles. The fraction of sp³-hybridized carbons (Fsp3) is 0.789. The summed E-state index contributed by atoms with van der Waals surface area (Å²) in [5.41, 5.74) is 11.3. The Kier molecular flexibility index (Phi) is 10.0. The molecule has 0 aromatic carbocycles. The lowest BCUT2D eigenvalue weighted by atomic mass is 10.0. The Morgan fingerprint density at radius 2 is 1.79 bits per heavy atom. The highest BCUT2D eigenvalue weighted by molar-refractivity contribution is 5.94. The van der Waals surface area contributed by atoms with Crippen LogP contribution in [0.3, 0.4) is 0 Å². The number of rotatable bonds is 11. The lowest BCUT2D eigenvalue weighted by Gasteiger charge is -2.29. The minimum atomic E-state index is -1.12. The maximum Gasteiger partial charge on any atom is 0.326 e. The Balaban J connectivity index is 2.68. The van der Waals surface area contributed by atoms with Crippen molar-refractivity contribution in [2.75, 3.05) is 13.1 Å². The fourth-order valence-electron chi connectivity index (χ4n) is 3.34. The molecule has 0 saturated carbocycles. The van der Waals surface area contributed by atoms with Crippen molar-refractivity contribution in [2.24, 2.45) is 17.4 Å². The molecule has 1 heterocycles. The van der Waals surface area contributed by atoms with E-state index in [1.54, 1.807) is 20.8 Å². The van der Waals surface area contributed by atoms with E-state index in [2.05, 4.69) is 10.6 Å². The summed E-state index contributed by atoms with van der Waals surface area (Å²) >= 11 is 0. The second-order valence-corrected chi connectivity index (χ2v) is 7.88. The summed E-state index contributed by atoms with van der Waals surface area (Å²) < 4.78 is 0. The summed E-state index contributed by atoms with van der Waals surface area (Å²) in [5, 5.41) is 14.4. The Morgan fingerprint density at radius 1 is 1.14 bits per heavy atom. The molecule has 7 N–H and O–H groups in total. The SMILES string of the molecule is CC(NC(=O)C(N)CCCCN)C(=O)N1CCCC1C(=O)NC(C(=O)O)C(C)C. The van der Waals surface area contributed by atoms with Crippen LogP contribution < -0.4 is 22.1 Å². The highest BCUT2D eigenvalue weighted by Gasteiger charge is 2.38. The summed E-state index contributed by atoms with van der Waals surface area (Å²) in [4.78, 5) is 50.3. The molecular weight excluding hydrogens is 378 g/mol. The predicted octanol–water partition coefficient (Wildman–Crippen LogP) is -0.836. The van der Waals surface area contributed by atoms with Gasteiger partial charge in [-0.05, 0) is 45.1 Å². The van der Waals surface area contributed by atoms with Gasteiger partial charge in [0.25, 0.3) is 0 Å². The lowest BCUT2D eigenvalue weighted by molar-refractivity contribution is -0.145. The van der Waals surface area contributed by atoms with Gasteiger partial charge in [0.1, 0.15) is 18.1 Å². The second kappa shape index (κ2) is 11.7. The normalized spacial score (nSPS) is 19.5. The number of nitrogens with two attached hydrogens (primary N) is 2. The molecule has 0 aliphatic carbocycles. The first kappa shape index (κ1) is 24.8. The fourth-order valence-corrected chi connectivity index (χ4v) is 3.34. The van der Waals surface area contributed by atoms with Gasteiger partial charge in [-0.15, -0.1) is 0 Å². The molecule has 166 valence electrons. The first-order chi connectivity index (χ1) is 13.6. The highest BCUT2D eigenvalue weighted by atomic mass is 16.4. The Bertz CT molecular complexity index is 598. The number of amides is 3. The minimum absolute atomic E-state index is 0.291. The maximum atomic E-state index is 12.8. The number of unbranched alkanes of at least 4 members (excludes halogenated alkanes) is 1. The van der Waals surface area contributed by atoms with Gasteiger partial charge in [-0.3, -0.25) is 14.4 Å². The predicted molar refractivity (Wildman–Crippen MR) is 108 cm³/mol. The van der Waals surface area contributed by atoms with Crippen LogP contribution in [-0.2, 0) is 19.2 Å². The molecule has 1 fully saturated rings. The van der Waals surface area contributed by atoms with Crippen LogP contribution in [0.2, 0.25) is 0 Å². The van der Waals surface area contributed by atoms with E-state index < -0.39 is 42.0 Å². The number of hydrogen-bond acceptors (Lipinski definition) is 6. The van der Waals surface area contributed by atoms with Crippen LogP contribution in [0.15, 0.2) is 0 Å². The first-order valence-corrected chi connectivity index (χ1v) is 10.2. The van der Waals surface area contributed by atoms with Crippen molar-refractivity contribution in [1.82, 2.24) is 15.5 Å². The summed E-state index contributed by atoms with van der Waals surface area (Å²) in [6.45, 7) is 5.85. The molecule has 10 heteroatoms. The van der Waals surface area contributed by atoms with E-state index in [9.17, 15) is 24.3 Å². The number of carboxylic acid groups (broad SMARTS) is 1. The number of carboxylic acids is 1. The molecule has 1 aliphatic heterocycles.